The van der Waals surface area contributed by atoms with Crippen LogP contribution in [-0.2, 0) is 0 Å². The number of fused-ring (bicyclic) bond motifs is 1. The summed E-state index contributed by atoms with van der Waals surface area (Å²) in [6, 6.07) is 6.46. The monoisotopic (exact) mass is 281 g/mol. The number of carbonyl (C=O) groups is 1. The van der Waals surface area contributed by atoms with Crippen molar-refractivity contribution in [3.63, 3.8) is 0 Å². The van der Waals surface area contributed by atoms with Crippen LogP contribution in [0.2, 0.25) is 0 Å². The van der Waals surface area contributed by atoms with Crippen LogP contribution in [0.4, 0.5) is 0 Å². The van der Waals surface area contributed by atoms with Gasteiger partial charge in [-0.15, -0.1) is 0 Å². The second-order valence-corrected chi connectivity index (χ2v) is 4.13. The fourth-order valence-corrected chi connectivity index (χ4v) is 1.85. The SMILES string of the molecule is NNC(=O)c1cc(=O)[nH]c2ccc(Br)cc12. The van der Waals surface area contributed by atoms with E-state index in [0.717, 1.165) is 4.47 Å². The lowest BCUT2D eigenvalue weighted by Gasteiger charge is -2.04. The molecule has 0 bridgehead atoms. The molecule has 0 aliphatic carbocycles. The first-order chi connectivity index (χ1) is 7.61. The Hall–Kier alpha value is -1.66. The highest BCUT2D eigenvalue weighted by atomic mass is 79.9. The van der Waals surface area contributed by atoms with E-state index in [1.165, 1.54) is 6.07 Å². The molecule has 2 rings (SSSR count). The summed E-state index contributed by atoms with van der Waals surface area (Å²) in [5.74, 6) is 4.57. The number of carbonyl (C=O) groups excluding carboxylic acids is 1. The van der Waals surface area contributed by atoms with Crippen LogP contribution in [0.1, 0.15) is 10.4 Å². The molecule has 16 heavy (non-hydrogen) atoms. The minimum Gasteiger partial charge on any atom is -0.322 e. The van der Waals surface area contributed by atoms with E-state index in [1.54, 1.807) is 18.2 Å². The predicted octanol–water partition coefficient (Wildman–Crippen LogP) is 0.894. The normalized spacial score (nSPS) is 10.4. The van der Waals surface area contributed by atoms with E-state index in [-0.39, 0.29) is 11.1 Å². The van der Waals surface area contributed by atoms with Gasteiger partial charge in [0, 0.05) is 21.4 Å². The van der Waals surface area contributed by atoms with Crippen molar-refractivity contribution in [1.82, 2.24) is 10.4 Å². The topological polar surface area (TPSA) is 88.0 Å². The third-order valence-electron chi connectivity index (χ3n) is 2.18. The Bertz CT molecular complexity index is 621. The zero-order valence-electron chi connectivity index (χ0n) is 8.08. The minimum atomic E-state index is -0.491. The van der Waals surface area contributed by atoms with Crippen LogP contribution in [0.25, 0.3) is 10.9 Å². The molecular formula is C10H8BrN3O2. The second-order valence-electron chi connectivity index (χ2n) is 3.21. The number of hydrazine groups is 1. The molecule has 5 nitrogen and oxygen atoms in total. The van der Waals surface area contributed by atoms with Crippen molar-refractivity contribution >= 4 is 32.7 Å². The van der Waals surface area contributed by atoms with Gasteiger partial charge in [-0.1, -0.05) is 15.9 Å². The van der Waals surface area contributed by atoms with Crippen LogP contribution in [0, 0.1) is 0 Å². The molecular weight excluding hydrogens is 274 g/mol. The lowest BCUT2D eigenvalue weighted by Crippen LogP contribution is -2.31. The molecule has 82 valence electrons. The average Bonchev–Trinajstić information content (AvgIpc) is 2.27. The van der Waals surface area contributed by atoms with Gasteiger partial charge in [-0.25, -0.2) is 5.84 Å². The maximum Gasteiger partial charge on any atom is 0.266 e. The minimum absolute atomic E-state index is 0.252. The summed E-state index contributed by atoms with van der Waals surface area (Å²) in [6.45, 7) is 0. The molecule has 1 aromatic heterocycles. The van der Waals surface area contributed by atoms with Crippen molar-refractivity contribution in [2.45, 2.75) is 0 Å². The molecule has 1 amide bonds. The van der Waals surface area contributed by atoms with Gasteiger partial charge in [0.1, 0.15) is 0 Å². The maximum atomic E-state index is 11.5. The van der Waals surface area contributed by atoms with Crippen LogP contribution in [0.3, 0.4) is 0 Å². The van der Waals surface area contributed by atoms with Crippen molar-refractivity contribution < 1.29 is 4.79 Å². The number of nitrogens with two attached hydrogens (primary N) is 1. The number of aromatic amines is 1. The molecule has 0 radical (unpaired) electrons. The van der Waals surface area contributed by atoms with Crippen LogP contribution in [0.5, 0.6) is 0 Å². The number of nitrogens with one attached hydrogen (secondary N) is 2. The number of hydrogen-bond donors (Lipinski definition) is 3. The first-order valence-electron chi connectivity index (χ1n) is 4.45. The molecule has 1 aromatic carbocycles. The quantitative estimate of drug-likeness (QED) is 0.412. The van der Waals surface area contributed by atoms with Crippen LogP contribution in [-0.4, -0.2) is 10.9 Å². The van der Waals surface area contributed by atoms with Crippen molar-refractivity contribution in [2.24, 2.45) is 5.84 Å². The molecule has 0 fully saturated rings. The molecule has 0 aliphatic rings. The number of pyridine rings is 1. The fraction of sp³-hybridized carbons (Fsp3) is 0. The number of amides is 1. The molecule has 0 spiro atoms. The van der Waals surface area contributed by atoms with Gasteiger partial charge in [0.05, 0.1) is 5.56 Å². The zero-order valence-corrected chi connectivity index (χ0v) is 9.67. The Kier molecular flexibility index (Phi) is 2.76. The molecule has 0 saturated heterocycles. The first kappa shape index (κ1) is 10.8. The molecule has 0 saturated carbocycles. The Balaban J connectivity index is 2.84. The highest BCUT2D eigenvalue weighted by Gasteiger charge is 2.10. The van der Waals surface area contributed by atoms with Gasteiger partial charge < -0.3 is 4.98 Å². The highest BCUT2D eigenvalue weighted by molar-refractivity contribution is 9.10. The number of halogens is 1. The first-order valence-corrected chi connectivity index (χ1v) is 5.24. The number of rotatable bonds is 1. The highest BCUT2D eigenvalue weighted by Crippen LogP contribution is 2.20. The van der Waals surface area contributed by atoms with E-state index < -0.39 is 5.91 Å². The molecule has 0 unspecified atom stereocenters. The zero-order chi connectivity index (χ0) is 11.7. The summed E-state index contributed by atoms with van der Waals surface area (Å²) < 4.78 is 0.818. The summed E-state index contributed by atoms with van der Waals surface area (Å²) in [6.07, 6.45) is 0. The van der Waals surface area contributed by atoms with Crippen molar-refractivity contribution in [3.05, 3.63) is 44.7 Å². The third-order valence-corrected chi connectivity index (χ3v) is 2.67. The van der Waals surface area contributed by atoms with Crippen molar-refractivity contribution in [3.8, 4) is 0 Å². The van der Waals surface area contributed by atoms with E-state index in [0.29, 0.717) is 10.9 Å². The van der Waals surface area contributed by atoms with Crippen molar-refractivity contribution in [1.29, 1.82) is 0 Å². The molecule has 6 heteroatoms. The Labute approximate surface area is 98.7 Å². The number of nitrogen functional groups attached to an aromatic ring is 1. The smallest absolute Gasteiger partial charge is 0.266 e. The van der Waals surface area contributed by atoms with E-state index in [4.69, 9.17) is 5.84 Å². The second kappa shape index (κ2) is 4.07. The standard InChI is InChI=1S/C10H8BrN3O2/c11-5-1-2-8-6(3-5)7(10(16)14-12)4-9(15)13-8/h1-4H,12H2,(H,13,15)(H,14,16). The summed E-state index contributed by atoms with van der Waals surface area (Å²) in [5.41, 5.74) is 2.52. The third kappa shape index (κ3) is 1.84. The molecule has 0 atom stereocenters. The van der Waals surface area contributed by atoms with Gasteiger partial charge in [0.2, 0.25) is 5.56 Å². The van der Waals surface area contributed by atoms with Crippen LogP contribution < -0.4 is 16.8 Å². The summed E-state index contributed by atoms with van der Waals surface area (Å²) in [5, 5.41) is 0.636. The molecule has 4 N–H and O–H groups in total. The van der Waals surface area contributed by atoms with E-state index >= 15 is 0 Å². The van der Waals surface area contributed by atoms with E-state index in [9.17, 15) is 9.59 Å². The van der Waals surface area contributed by atoms with Crippen LogP contribution in [0.15, 0.2) is 33.5 Å². The van der Waals surface area contributed by atoms with E-state index in [1.807, 2.05) is 5.43 Å². The van der Waals surface area contributed by atoms with Crippen LogP contribution >= 0.6 is 15.9 Å². The van der Waals surface area contributed by atoms with Gasteiger partial charge in [-0.3, -0.25) is 15.0 Å². The number of benzene rings is 1. The Morgan fingerprint density at radius 3 is 2.81 bits per heavy atom. The summed E-state index contributed by atoms with van der Waals surface area (Å²) >= 11 is 3.30. The number of aromatic nitrogens is 1. The summed E-state index contributed by atoms with van der Waals surface area (Å²) in [7, 11) is 0. The van der Waals surface area contributed by atoms with Gasteiger partial charge in [0.15, 0.2) is 0 Å². The summed E-state index contributed by atoms with van der Waals surface area (Å²) in [4.78, 5) is 25.4. The van der Waals surface area contributed by atoms with Gasteiger partial charge in [0.25, 0.3) is 5.91 Å². The predicted molar refractivity (Wildman–Crippen MR) is 63.9 cm³/mol. The number of H-pyrrole nitrogens is 1. The largest absolute Gasteiger partial charge is 0.322 e. The Morgan fingerprint density at radius 1 is 1.38 bits per heavy atom. The van der Waals surface area contributed by atoms with Gasteiger partial charge >= 0.3 is 0 Å². The maximum absolute atomic E-state index is 11.5. The lowest BCUT2D eigenvalue weighted by molar-refractivity contribution is 0.0955. The molecule has 1 heterocycles. The van der Waals surface area contributed by atoms with Crippen molar-refractivity contribution in [2.75, 3.05) is 0 Å². The fourth-order valence-electron chi connectivity index (χ4n) is 1.49. The van der Waals surface area contributed by atoms with Gasteiger partial charge in [-0.2, -0.15) is 0 Å². The lowest BCUT2D eigenvalue weighted by atomic mass is 10.1. The van der Waals surface area contributed by atoms with E-state index in [2.05, 4.69) is 20.9 Å². The Morgan fingerprint density at radius 2 is 2.12 bits per heavy atom. The molecule has 0 aliphatic heterocycles. The van der Waals surface area contributed by atoms with Gasteiger partial charge in [-0.05, 0) is 18.2 Å². The number of hydrogen-bond acceptors (Lipinski definition) is 3. The average molecular weight is 282 g/mol. The molecule has 2 aromatic rings.